The summed E-state index contributed by atoms with van der Waals surface area (Å²) in [6, 6.07) is 4.31. The van der Waals surface area contributed by atoms with Crippen LogP contribution in [0.25, 0.3) is 10.9 Å². The Morgan fingerprint density at radius 1 is 1.39 bits per heavy atom. The molecule has 0 aliphatic rings. The van der Waals surface area contributed by atoms with Crippen LogP contribution in [0.5, 0.6) is 0 Å². The van der Waals surface area contributed by atoms with Gasteiger partial charge in [0.25, 0.3) is 0 Å². The van der Waals surface area contributed by atoms with Crippen molar-refractivity contribution in [3.63, 3.8) is 0 Å². The topological polar surface area (TPSA) is 42.2 Å². The number of benzene rings is 1. The second kappa shape index (κ2) is 4.04. The summed E-state index contributed by atoms with van der Waals surface area (Å²) in [7, 11) is 1.52. The number of carboxylic acid groups (broad SMARTS) is 1. The average Bonchev–Trinajstić information content (AvgIpc) is 2.54. The van der Waals surface area contributed by atoms with E-state index in [1.807, 2.05) is 0 Å². The number of nitrogens with zero attached hydrogens (tertiary/aromatic N) is 1. The molecule has 0 amide bonds. The fraction of sp³-hybridized carbons (Fsp3) is 0.250. The normalized spacial score (nSPS) is 12.0. The van der Waals surface area contributed by atoms with E-state index in [0.717, 1.165) is 6.20 Å². The second-order valence-electron chi connectivity index (χ2n) is 4.07. The summed E-state index contributed by atoms with van der Waals surface area (Å²) in [6.07, 6.45) is -3.72. The van der Waals surface area contributed by atoms with Crippen molar-refractivity contribution in [3.05, 3.63) is 35.5 Å². The Morgan fingerprint density at radius 2 is 2.06 bits per heavy atom. The largest absolute Gasteiger partial charge is 0.481 e. The van der Waals surface area contributed by atoms with E-state index in [1.54, 1.807) is 0 Å². The van der Waals surface area contributed by atoms with E-state index in [2.05, 4.69) is 0 Å². The monoisotopic (exact) mass is 257 g/mol. The van der Waals surface area contributed by atoms with E-state index in [4.69, 9.17) is 5.11 Å². The Labute approximate surface area is 100 Å². The highest BCUT2D eigenvalue weighted by Gasteiger charge is 2.34. The van der Waals surface area contributed by atoms with Gasteiger partial charge in [0.2, 0.25) is 0 Å². The molecule has 0 saturated heterocycles. The maximum Gasteiger partial charge on any atom is 0.418 e. The molecule has 0 unspecified atom stereocenters. The van der Waals surface area contributed by atoms with Crippen LogP contribution in [0.1, 0.15) is 11.1 Å². The van der Waals surface area contributed by atoms with Gasteiger partial charge in [-0.1, -0.05) is 6.07 Å². The van der Waals surface area contributed by atoms with Crippen molar-refractivity contribution in [2.24, 2.45) is 7.05 Å². The Morgan fingerprint density at radius 3 is 2.61 bits per heavy atom. The summed E-state index contributed by atoms with van der Waals surface area (Å²) in [5.41, 5.74) is 0.0374. The minimum atomic E-state index is -4.44. The number of alkyl halides is 3. The van der Waals surface area contributed by atoms with E-state index in [0.29, 0.717) is 11.1 Å². The lowest BCUT2D eigenvalue weighted by Crippen LogP contribution is -2.04. The van der Waals surface area contributed by atoms with Crippen LogP contribution in [0, 0.1) is 0 Å². The molecule has 1 aromatic carbocycles. The minimum Gasteiger partial charge on any atom is -0.481 e. The molecule has 1 N–H and O–H groups in total. The molecule has 3 nitrogen and oxygen atoms in total. The molecule has 2 aromatic rings. The van der Waals surface area contributed by atoms with E-state index >= 15 is 0 Å². The van der Waals surface area contributed by atoms with Crippen molar-refractivity contribution in [1.82, 2.24) is 4.57 Å². The zero-order valence-corrected chi connectivity index (χ0v) is 9.45. The third kappa shape index (κ3) is 2.18. The van der Waals surface area contributed by atoms with Crippen LogP contribution >= 0.6 is 0 Å². The highest BCUT2D eigenvalue weighted by molar-refractivity contribution is 5.86. The molecular formula is C12H10F3NO2. The predicted molar refractivity (Wildman–Crippen MR) is 59.3 cm³/mol. The van der Waals surface area contributed by atoms with Crippen molar-refractivity contribution < 1.29 is 23.1 Å². The zero-order chi connectivity index (χ0) is 13.5. The lowest BCUT2D eigenvalue weighted by Gasteiger charge is -2.04. The number of hydrogen-bond donors (Lipinski definition) is 1. The van der Waals surface area contributed by atoms with Crippen LogP contribution in [-0.4, -0.2) is 15.6 Å². The van der Waals surface area contributed by atoms with Gasteiger partial charge < -0.3 is 9.67 Å². The highest BCUT2D eigenvalue weighted by Crippen LogP contribution is 2.36. The fourth-order valence-corrected chi connectivity index (χ4v) is 1.95. The maximum absolute atomic E-state index is 12.8. The molecule has 6 heteroatoms. The molecule has 0 spiro atoms. The Balaban J connectivity index is 2.63. The number of hydrogen-bond acceptors (Lipinski definition) is 1. The number of fused-ring (bicyclic) bond motifs is 1. The lowest BCUT2D eigenvalue weighted by molar-refractivity contribution is -0.137. The first-order valence-electron chi connectivity index (χ1n) is 5.16. The van der Waals surface area contributed by atoms with Crippen LogP contribution in [-0.2, 0) is 24.4 Å². The van der Waals surface area contributed by atoms with Gasteiger partial charge in [0, 0.05) is 24.1 Å². The molecular weight excluding hydrogens is 247 g/mol. The fourth-order valence-electron chi connectivity index (χ4n) is 1.95. The molecule has 0 saturated carbocycles. The lowest BCUT2D eigenvalue weighted by atomic mass is 10.1. The molecule has 0 fully saturated rings. The first kappa shape index (κ1) is 12.5. The molecule has 2 rings (SSSR count). The van der Waals surface area contributed by atoms with Gasteiger partial charge in [-0.25, -0.2) is 0 Å². The molecule has 0 atom stereocenters. The summed E-state index contributed by atoms with van der Waals surface area (Å²) in [5, 5.41) is 8.68. The van der Waals surface area contributed by atoms with Crippen LogP contribution < -0.4 is 0 Å². The Hall–Kier alpha value is -1.98. The van der Waals surface area contributed by atoms with E-state index in [-0.39, 0.29) is 11.8 Å². The van der Waals surface area contributed by atoms with Crippen molar-refractivity contribution in [2.45, 2.75) is 12.6 Å². The first-order chi connectivity index (χ1) is 8.29. The van der Waals surface area contributed by atoms with Gasteiger partial charge in [-0.05, 0) is 17.7 Å². The molecule has 1 heterocycles. The van der Waals surface area contributed by atoms with E-state index in [1.165, 1.54) is 29.8 Å². The zero-order valence-electron chi connectivity index (χ0n) is 9.45. The highest BCUT2D eigenvalue weighted by atomic mass is 19.4. The molecule has 0 aliphatic heterocycles. The molecule has 0 aliphatic carbocycles. The van der Waals surface area contributed by atoms with Crippen molar-refractivity contribution >= 4 is 16.9 Å². The number of aryl methyl sites for hydroxylation is 1. The van der Waals surface area contributed by atoms with Gasteiger partial charge in [-0.3, -0.25) is 4.79 Å². The van der Waals surface area contributed by atoms with Crippen LogP contribution in [0.2, 0.25) is 0 Å². The molecule has 18 heavy (non-hydrogen) atoms. The maximum atomic E-state index is 12.8. The van der Waals surface area contributed by atoms with Crippen LogP contribution in [0.4, 0.5) is 13.2 Å². The minimum absolute atomic E-state index is 0.0313. The summed E-state index contributed by atoms with van der Waals surface area (Å²) < 4.78 is 39.8. The molecule has 0 bridgehead atoms. The van der Waals surface area contributed by atoms with E-state index in [9.17, 15) is 18.0 Å². The third-order valence-corrected chi connectivity index (χ3v) is 2.71. The molecule has 1 aromatic heterocycles. The molecule has 0 radical (unpaired) electrons. The van der Waals surface area contributed by atoms with Crippen LogP contribution in [0.15, 0.2) is 24.4 Å². The number of carboxylic acids is 1. The van der Waals surface area contributed by atoms with Gasteiger partial charge in [0.1, 0.15) is 0 Å². The summed E-state index contributed by atoms with van der Waals surface area (Å²) in [4.78, 5) is 10.6. The molecule has 96 valence electrons. The summed E-state index contributed by atoms with van der Waals surface area (Å²) >= 11 is 0. The Bertz CT molecular complexity index is 614. The van der Waals surface area contributed by atoms with Crippen molar-refractivity contribution in [3.8, 4) is 0 Å². The van der Waals surface area contributed by atoms with E-state index < -0.39 is 17.7 Å². The Kier molecular flexibility index (Phi) is 2.80. The second-order valence-corrected chi connectivity index (χ2v) is 4.07. The third-order valence-electron chi connectivity index (χ3n) is 2.71. The smallest absolute Gasteiger partial charge is 0.418 e. The standard InChI is InChI=1S/C12H10F3NO2/c1-16-6-9(12(13,14)15)8-4-7(5-11(17)18)2-3-10(8)16/h2-4,6H,5H2,1H3,(H,17,18). The number of carbonyl (C=O) groups is 1. The SMILES string of the molecule is Cn1cc(C(F)(F)F)c2cc(CC(=O)O)ccc21. The number of halogens is 3. The quantitative estimate of drug-likeness (QED) is 0.898. The predicted octanol–water partition coefficient (Wildman–Crippen LogP) is 2.82. The summed E-state index contributed by atoms with van der Waals surface area (Å²) in [5.74, 6) is -1.07. The average molecular weight is 257 g/mol. The number of aromatic nitrogens is 1. The van der Waals surface area contributed by atoms with Crippen LogP contribution in [0.3, 0.4) is 0 Å². The first-order valence-corrected chi connectivity index (χ1v) is 5.16. The van der Waals surface area contributed by atoms with Gasteiger partial charge in [-0.15, -0.1) is 0 Å². The van der Waals surface area contributed by atoms with Gasteiger partial charge in [0.05, 0.1) is 12.0 Å². The van der Waals surface area contributed by atoms with Gasteiger partial charge in [0.15, 0.2) is 0 Å². The van der Waals surface area contributed by atoms with Gasteiger partial charge >= 0.3 is 12.1 Å². The van der Waals surface area contributed by atoms with Crippen molar-refractivity contribution in [2.75, 3.05) is 0 Å². The number of aliphatic carboxylic acids is 1. The number of rotatable bonds is 2. The van der Waals surface area contributed by atoms with Crippen molar-refractivity contribution in [1.29, 1.82) is 0 Å². The summed E-state index contributed by atoms with van der Waals surface area (Å²) in [6.45, 7) is 0. The van der Waals surface area contributed by atoms with Gasteiger partial charge in [-0.2, -0.15) is 13.2 Å².